The summed E-state index contributed by atoms with van der Waals surface area (Å²) in [7, 11) is 0. The molecule has 0 bridgehead atoms. The Morgan fingerprint density at radius 1 is 0.701 bits per heavy atom. The molecule has 2 aliphatic heterocycles. The predicted octanol–water partition coefficient (Wildman–Crippen LogP) is 0.214. The van der Waals surface area contributed by atoms with Crippen LogP contribution >= 0.6 is 11.8 Å². The molecule has 67 heavy (non-hydrogen) atoms. The van der Waals surface area contributed by atoms with Crippen LogP contribution in [0.15, 0.2) is 60.7 Å². The van der Waals surface area contributed by atoms with Crippen LogP contribution in [0.1, 0.15) is 82.8 Å². The van der Waals surface area contributed by atoms with Gasteiger partial charge in [0.15, 0.2) is 0 Å². The molecule has 20 nitrogen and oxygen atoms in total. The Kier molecular flexibility index (Phi) is 22.4. The van der Waals surface area contributed by atoms with Crippen molar-refractivity contribution in [3.05, 3.63) is 71.8 Å². The summed E-state index contributed by atoms with van der Waals surface area (Å²) in [6, 6.07) is 14.5. The zero-order valence-corrected chi connectivity index (χ0v) is 38.9. The number of hydrogen-bond donors (Lipinski definition) is 11. The molecule has 12 N–H and O–H groups in total. The number of nitrogens with two attached hydrogens (primary N) is 1. The lowest BCUT2D eigenvalue weighted by molar-refractivity contribution is -0.137. The topological polar surface area (TPSA) is 308 Å². The number of benzene rings is 2. The number of carbonyl (C=O) groups excluding carboxylic acids is 9. The van der Waals surface area contributed by atoms with E-state index in [1.54, 1.807) is 66.1 Å². The number of primary amides is 1. The quantitative estimate of drug-likeness (QED) is 0.0227. The van der Waals surface area contributed by atoms with E-state index in [-0.39, 0.29) is 55.6 Å². The van der Waals surface area contributed by atoms with Crippen molar-refractivity contribution in [2.75, 3.05) is 25.4 Å². The highest BCUT2D eigenvalue weighted by atomic mass is 32.2. The maximum absolute atomic E-state index is 14.0. The summed E-state index contributed by atoms with van der Waals surface area (Å²) in [6.45, 7) is 3.03. The van der Waals surface area contributed by atoms with Gasteiger partial charge in [0.25, 0.3) is 0 Å². The van der Waals surface area contributed by atoms with Gasteiger partial charge in [-0.15, -0.1) is 0 Å². The minimum Gasteiger partial charge on any atom is -0.368 e. The van der Waals surface area contributed by atoms with Crippen LogP contribution in [0.5, 0.6) is 0 Å². The van der Waals surface area contributed by atoms with Crippen molar-refractivity contribution < 1.29 is 48.4 Å². The summed E-state index contributed by atoms with van der Waals surface area (Å²) in [6.07, 6.45) is 4.14. The van der Waals surface area contributed by atoms with Gasteiger partial charge in [0.1, 0.15) is 18.1 Å². The van der Waals surface area contributed by atoms with Gasteiger partial charge in [0.2, 0.25) is 47.3 Å². The highest BCUT2D eigenvalue weighted by Gasteiger charge is 2.42. The van der Waals surface area contributed by atoms with E-state index in [9.17, 15) is 43.2 Å². The summed E-state index contributed by atoms with van der Waals surface area (Å²) in [5.41, 5.74) is 8.47. The van der Waals surface area contributed by atoms with Crippen LogP contribution in [0.2, 0.25) is 0 Å². The lowest BCUT2D eigenvalue weighted by Crippen LogP contribution is -2.56. The van der Waals surface area contributed by atoms with Crippen LogP contribution in [0.25, 0.3) is 0 Å². The summed E-state index contributed by atoms with van der Waals surface area (Å²) >= 11 is 1.84. The maximum atomic E-state index is 14.0. The van der Waals surface area contributed by atoms with Crippen molar-refractivity contribution in [1.82, 2.24) is 48.0 Å². The molecule has 4 rings (SSSR count). The fourth-order valence-electron chi connectivity index (χ4n) is 7.93. The Labute approximate surface area is 394 Å². The predicted molar refractivity (Wildman–Crippen MR) is 250 cm³/mol. The minimum atomic E-state index is -1.21. The molecule has 7 atom stereocenters. The molecular weight excluding hydrogens is 885 g/mol. The summed E-state index contributed by atoms with van der Waals surface area (Å²) in [5.74, 6) is -5.01. The van der Waals surface area contributed by atoms with Gasteiger partial charge in [-0.25, -0.2) is 10.3 Å². The summed E-state index contributed by atoms with van der Waals surface area (Å²) in [4.78, 5) is 115. The number of rotatable bonds is 29. The van der Waals surface area contributed by atoms with Gasteiger partial charge in [-0.1, -0.05) is 80.9 Å². The summed E-state index contributed by atoms with van der Waals surface area (Å²) < 4.78 is 0. The van der Waals surface area contributed by atoms with Gasteiger partial charge in [-0.05, 0) is 55.6 Å². The number of carbonyl (C=O) groups is 9. The third-order valence-electron chi connectivity index (χ3n) is 11.4. The number of urea groups is 1. The zero-order chi connectivity index (χ0) is 48.7. The first-order chi connectivity index (χ1) is 32.1. The fraction of sp³-hybridized carbons (Fsp3) is 0.543. The lowest BCUT2D eigenvalue weighted by atomic mass is 9.92. The molecule has 2 heterocycles. The molecule has 0 saturated carbocycles. The van der Waals surface area contributed by atoms with Crippen molar-refractivity contribution in [2.24, 2.45) is 17.6 Å². The van der Waals surface area contributed by atoms with Crippen LogP contribution in [0, 0.1) is 11.8 Å². The van der Waals surface area contributed by atoms with E-state index in [1.807, 2.05) is 25.6 Å². The largest absolute Gasteiger partial charge is 0.368 e. The molecule has 366 valence electrons. The first kappa shape index (κ1) is 53.4. The molecule has 0 aliphatic carbocycles. The van der Waals surface area contributed by atoms with Gasteiger partial charge < -0.3 is 48.3 Å². The Morgan fingerprint density at radius 3 is 1.96 bits per heavy atom. The van der Waals surface area contributed by atoms with Gasteiger partial charge in [0.05, 0.1) is 25.2 Å². The molecule has 0 radical (unpaired) electrons. The van der Waals surface area contributed by atoms with E-state index in [2.05, 4.69) is 42.5 Å². The molecule has 21 heteroatoms. The van der Waals surface area contributed by atoms with E-state index < -0.39 is 78.5 Å². The van der Waals surface area contributed by atoms with Crippen LogP contribution in [0.3, 0.4) is 0 Å². The van der Waals surface area contributed by atoms with Gasteiger partial charge in [-0.3, -0.25) is 43.6 Å². The molecule has 2 saturated heterocycles. The fourth-order valence-corrected chi connectivity index (χ4v) is 9.47. The third-order valence-corrected chi connectivity index (χ3v) is 12.9. The summed E-state index contributed by atoms with van der Waals surface area (Å²) in [5, 5.41) is 31.1. The Balaban J connectivity index is 1.22. The standard InChI is InChI=1S/C46H66N10O10S/c1-28(2)21-31(24-38(58)56-66)43(62)52-34(23-30-15-7-4-8-16-30)45(64)53-33(22-29-13-5-3-6-14-29)44(63)50-25-39(59)49-26-40(60)51-32(42(47)61)17-11-12-20-48-37(57)19-10-9-18-36-41-35(27-67-36)54-46(65)55-41/h3-8,13-16,28,31-36,41,66H,9-12,17-27H2,1-2H3,(H2,47,61)(H,48,57)(H,49,59)(H,50,63)(H,51,60)(H,52,62)(H,53,64)(H,56,58)(H2,54,55,65)/t31?,32-,33-,34-,35-,36-,41-/m0/s1. The first-order valence-electron chi connectivity index (χ1n) is 22.8. The Bertz CT molecular complexity index is 2000. The number of hydrogen-bond acceptors (Lipinski definition) is 11. The molecule has 10 amide bonds. The SMILES string of the molecule is CC(C)CC(CC(=O)NO)C(=O)N[C@@H](Cc1ccccc1)C(=O)N[C@@H](Cc1ccccc1)C(=O)NCC(=O)NCC(=O)N[C@@H](CCCCNC(=O)CCCC[C@@H]1SC[C@@H]2NC(=O)N[C@@H]21)C(N)=O. The molecule has 1 unspecified atom stereocenters. The van der Waals surface area contributed by atoms with Gasteiger partial charge in [0, 0.05) is 49.1 Å². The van der Waals surface area contributed by atoms with E-state index in [1.165, 1.54) is 0 Å². The van der Waals surface area contributed by atoms with Crippen LogP contribution < -0.4 is 53.7 Å². The first-order valence-corrected chi connectivity index (χ1v) is 23.9. The second-order valence-electron chi connectivity index (χ2n) is 17.3. The minimum absolute atomic E-state index is 0.00464. The van der Waals surface area contributed by atoms with Crippen molar-refractivity contribution >= 4 is 65.1 Å². The second kappa shape index (κ2) is 28.1. The van der Waals surface area contributed by atoms with E-state index in [4.69, 9.17) is 10.9 Å². The van der Waals surface area contributed by atoms with E-state index in [0.29, 0.717) is 48.6 Å². The van der Waals surface area contributed by atoms with Gasteiger partial charge >= 0.3 is 6.03 Å². The number of thioether (sulfide) groups is 1. The molecule has 2 aromatic carbocycles. The molecule has 2 aliphatic rings. The van der Waals surface area contributed by atoms with Crippen LogP contribution in [-0.2, 0) is 51.2 Å². The number of unbranched alkanes of at least 4 members (excludes halogenated alkanes) is 2. The lowest BCUT2D eigenvalue weighted by Gasteiger charge is -2.25. The highest BCUT2D eigenvalue weighted by molar-refractivity contribution is 8.00. The van der Waals surface area contributed by atoms with E-state index in [0.717, 1.165) is 25.0 Å². The third kappa shape index (κ3) is 19.3. The van der Waals surface area contributed by atoms with Crippen molar-refractivity contribution in [3.63, 3.8) is 0 Å². The second-order valence-corrected chi connectivity index (χ2v) is 18.6. The van der Waals surface area contributed by atoms with E-state index >= 15 is 0 Å². The number of amides is 10. The zero-order valence-electron chi connectivity index (χ0n) is 38.1. The van der Waals surface area contributed by atoms with Crippen LogP contribution in [0.4, 0.5) is 4.79 Å². The maximum Gasteiger partial charge on any atom is 0.315 e. The molecule has 2 fully saturated rings. The van der Waals surface area contributed by atoms with Crippen molar-refractivity contribution in [3.8, 4) is 0 Å². The van der Waals surface area contributed by atoms with Crippen molar-refractivity contribution in [2.45, 2.75) is 120 Å². The average Bonchev–Trinajstić information content (AvgIpc) is 3.86. The average molecular weight is 951 g/mol. The molecule has 2 aromatic rings. The van der Waals surface area contributed by atoms with Crippen molar-refractivity contribution in [1.29, 1.82) is 0 Å². The Hall–Kier alpha value is -6.22. The Morgan fingerprint density at radius 2 is 1.33 bits per heavy atom. The highest BCUT2D eigenvalue weighted by Crippen LogP contribution is 2.33. The number of fused-ring (bicyclic) bond motifs is 1. The smallest absolute Gasteiger partial charge is 0.315 e. The van der Waals surface area contributed by atoms with Gasteiger partial charge in [-0.2, -0.15) is 11.8 Å². The normalized spacial score (nSPS) is 17.9. The number of nitrogens with one attached hydrogen (secondary N) is 9. The van der Waals surface area contributed by atoms with Crippen LogP contribution in [-0.4, -0.2) is 119 Å². The molecule has 0 spiro atoms. The number of hydroxylamine groups is 1. The monoisotopic (exact) mass is 950 g/mol. The molecular formula is C46H66N10O10S. The molecule has 0 aromatic heterocycles.